The first-order valence-corrected chi connectivity index (χ1v) is 4.07. The van der Waals surface area contributed by atoms with Crippen LogP contribution in [0.4, 0.5) is 0 Å². The summed E-state index contributed by atoms with van der Waals surface area (Å²) >= 11 is 0. The molecular weight excluding hydrogens is 188 g/mol. The molecule has 0 radical (unpaired) electrons. The fourth-order valence-electron chi connectivity index (χ4n) is 0.857. The van der Waals surface area contributed by atoms with Crippen molar-refractivity contribution in [2.45, 2.75) is 6.10 Å². The first-order chi connectivity index (χ1) is 6.63. The number of hydrogen-bond acceptors (Lipinski definition) is 5. The highest BCUT2D eigenvalue weighted by Gasteiger charge is 2.07. The first kappa shape index (κ1) is 10.6. The molecule has 0 aliphatic rings. The summed E-state index contributed by atoms with van der Waals surface area (Å²) in [5.41, 5.74) is 0. The Morgan fingerprint density at radius 3 is 2.64 bits per heavy atom. The van der Waals surface area contributed by atoms with Crippen LogP contribution in [0.5, 0.6) is 17.2 Å². The summed E-state index contributed by atoms with van der Waals surface area (Å²) in [7, 11) is 0. The molecule has 0 spiro atoms. The highest BCUT2D eigenvalue weighted by atomic mass is 16.5. The maximum absolute atomic E-state index is 9.24. The average molecular weight is 200 g/mol. The van der Waals surface area contributed by atoms with Gasteiger partial charge in [0.1, 0.15) is 18.5 Å². The van der Waals surface area contributed by atoms with Crippen LogP contribution < -0.4 is 4.74 Å². The normalized spacial score (nSPS) is 12.4. The lowest BCUT2D eigenvalue weighted by Crippen LogP contribution is -2.21. The number of phenolic OH excluding ortho intramolecular Hbond substituents is 2. The van der Waals surface area contributed by atoms with Crippen molar-refractivity contribution in [3.8, 4) is 17.2 Å². The molecule has 0 aliphatic heterocycles. The molecule has 0 fully saturated rings. The molecule has 0 aromatic heterocycles. The number of rotatable bonds is 4. The van der Waals surface area contributed by atoms with Crippen molar-refractivity contribution in [3.63, 3.8) is 0 Å². The third kappa shape index (κ3) is 2.79. The number of aromatic hydroxyl groups is 2. The Morgan fingerprint density at radius 2 is 2.00 bits per heavy atom. The van der Waals surface area contributed by atoms with Gasteiger partial charge in [-0.25, -0.2) is 0 Å². The lowest BCUT2D eigenvalue weighted by Gasteiger charge is -2.10. The van der Waals surface area contributed by atoms with Crippen LogP contribution in [0.3, 0.4) is 0 Å². The summed E-state index contributed by atoms with van der Waals surface area (Å²) in [5.74, 6) is -0.110. The van der Waals surface area contributed by atoms with E-state index in [1.807, 2.05) is 0 Å². The van der Waals surface area contributed by atoms with E-state index in [2.05, 4.69) is 0 Å². The SMILES string of the molecule is OCC(O)COc1cc(O)ccc1O. The maximum Gasteiger partial charge on any atom is 0.164 e. The van der Waals surface area contributed by atoms with Gasteiger partial charge in [0.05, 0.1) is 6.61 Å². The number of ether oxygens (including phenoxy) is 1. The molecule has 4 N–H and O–H groups in total. The van der Waals surface area contributed by atoms with E-state index in [4.69, 9.17) is 20.1 Å². The highest BCUT2D eigenvalue weighted by molar-refractivity contribution is 5.43. The first-order valence-electron chi connectivity index (χ1n) is 4.07. The molecule has 1 atom stereocenters. The molecule has 14 heavy (non-hydrogen) atoms. The molecule has 5 heteroatoms. The number of phenols is 2. The van der Waals surface area contributed by atoms with Gasteiger partial charge >= 0.3 is 0 Å². The molecule has 0 amide bonds. The fraction of sp³-hybridized carbons (Fsp3) is 0.333. The van der Waals surface area contributed by atoms with E-state index in [0.717, 1.165) is 0 Å². The van der Waals surface area contributed by atoms with Crippen LogP contribution in [-0.2, 0) is 0 Å². The minimum absolute atomic E-state index is 0.0451. The number of aliphatic hydroxyl groups is 2. The summed E-state index contributed by atoms with van der Waals surface area (Å²) in [6.45, 7) is -0.562. The average Bonchev–Trinajstić information content (AvgIpc) is 2.19. The van der Waals surface area contributed by atoms with Crippen LogP contribution in [-0.4, -0.2) is 39.7 Å². The minimum Gasteiger partial charge on any atom is -0.508 e. The van der Waals surface area contributed by atoms with Crippen molar-refractivity contribution in [2.24, 2.45) is 0 Å². The van der Waals surface area contributed by atoms with E-state index in [1.165, 1.54) is 18.2 Å². The van der Waals surface area contributed by atoms with Crippen molar-refractivity contribution in [1.82, 2.24) is 0 Å². The van der Waals surface area contributed by atoms with Crippen molar-refractivity contribution in [1.29, 1.82) is 0 Å². The van der Waals surface area contributed by atoms with Crippen molar-refractivity contribution < 1.29 is 25.2 Å². The second-order valence-corrected chi connectivity index (χ2v) is 2.80. The van der Waals surface area contributed by atoms with Gasteiger partial charge in [0.2, 0.25) is 0 Å². The Morgan fingerprint density at radius 1 is 1.29 bits per heavy atom. The lowest BCUT2D eigenvalue weighted by molar-refractivity contribution is 0.0527. The molecule has 0 saturated carbocycles. The third-order valence-electron chi connectivity index (χ3n) is 1.59. The molecule has 0 heterocycles. The third-order valence-corrected chi connectivity index (χ3v) is 1.59. The zero-order valence-electron chi connectivity index (χ0n) is 7.42. The summed E-state index contributed by atoms with van der Waals surface area (Å²) in [4.78, 5) is 0. The van der Waals surface area contributed by atoms with Gasteiger partial charge in [-0.1, -0.05) is 0 Å². The number of hydrogen-bond donors (Lipinski definition) is 4. The second kappa shape index (κ2) is 4.69. The molecule has 1 rings (SSSR count). The standard InChI is InChI=1S/C9H12O5/c10-4-7(12)5-14-9-3-6(11)1-2-8(9)13/h1-3,7,10-13H,4-5H2. The highest BCUT2D eigenvalue weighted by Crippen LogP contribution is 2.29. The predicted molar refractivity (Wildman–Crippen MR) is 48.4 cm³/mol. The van der Waals surface area contributed by atoms with E-state index >= 15 is 0 Å². The minimum atomic E-state index is -1.00. The topological polar surface area (TPSA) is 90.2 Å². The van der Waals surface area contributed by atoms with Crippen LogP contribution in [0.25, 0.3) is 0 Å². The van der Waals surface area contributed by atoms with Crippen LogP contribution in [0.2, 0.25) is 0 Å². The molecule has 0 aliphatic carbocycles. The molecule has 1 aromatic rings. The molecule has 0 saturated heterocycles. The van der Waals surface area contributed by atoms with Crippen LogP contribution in [0.1, 0.15) is 0 Å². The van der Waals surface area contributed by atoms with Gasteiger partial charge in [-0.3, -0.25) is 0 Å². The van der Waals surface area contributed by atoms with Crippen LogP contribution >= 0.6 is 0 Å². The predicted octanol–water partition coefficient (Wildman–Crippen LogP) is -0.170. The summed E-state index contributed by atoms with van der Waals surface area (Å²) in [6, 6.07) is 3.81. The van der Waals surface area contributed by atoms with E-state index in [0.29, 0.717) is 0 Å². The number of aliphatic hydroxyl groups excluding tert-OH is 2. The fourth-order valence-corrected chi connectivity index (χ4v) is 0.857. The Kier molecular flexibility index (Phi) is 3.55. The van der Waals surface area contributed by atoms with Crippen molar-refractivity contribution in [3.05, 3.63) is 18.2 Å². The summed E-state index contributed by atoms with van der Waals surface area (Å²) in [5, 5.41) is 35.8. The Balaban J connectivity index is 2.62. The Bertz CT molecular complexity index is 299. The van der Waals surface area contributed by atoms with E-state index in [1.54, 1.807) is 0 Å². The Labute approximate surface area is 80.8 Å². The molecule has 78 valence electrons. The largest absolute Gasteiger partial charge is 0.508 e. The number of benzene rings is 1. The molecule has 1 unspecified atom stereocenters. The van der Waals surface area contributed by atoms with Gasteiger partial charge in [-0.05, 0) is 12.1 Å². The second-order valence-electron chi connectivity index (χ2n) is 2.80. The van der Waals surface area contributed by atoms with E-state index < -0.39 is 12.7 Å². The van der Waals surface area contributed by atoms with Crippen molar-refractivity contribution >= 4 is 0 Å². The quantitative estimate of drug-likeness (QED) is 0.507. The monoisotopic (exact) mass is 200 g/mol. The van der Waals surface area contributed by atoms with E-state index in [-0.39, 0.29) is 23.9 Å². The summed E-state index contributed by atoms with van der Waals surface area (Å²) in [6.07, 6.45) is -1.00. The zero-order chi connectivity index (χ0) is 10.6. The molecule has 5 nitrogen and oxygen atoms in total. The van der Waals surface area contributed by atoms with E-state index in [9.17, 15) is 5.11 Å². The van der Waals surface area contributed by atoms with Gasteiger partial charge < -0.3 is 25.2 Å². The summed E-state index contributed by atoms with van der Waals surface area (Å²) < 4.78 is 4.95. The molecule has 1 aromatic carbocycles. The van der Waals surface area contributed by atoms with Gasteiger partial charge in [0, 0.05) is 6.07 Å². The molecular formula is C9H12O5. The molecule has 0 bridgehead atoms. The van der Waals surface area contributed by atoms with Gasteiger partial charge in [-0.15, -0.1) is 0 Å². The lowest BCUT2D eigenvalue weighted by atomic mass is 10.3. The maximum atomic E-state index is 9.24. The van der Waals surface area contributed by atoms with Gasteiger partial charge in [-0.2, -0.15) is 0 Å². The van der Waals surface area contributed by atoms with Gasteiger partial charge in [0.15, 0.2) is 11.5 Å². The van der Waals surface area contributed by atoms with Crippen LogP contribution in [0, 0.1) is 0 Å². The van der Waals surface area contributed by atoms with Crippen LogP contribution in [0.15, 0.2) is 18.2 Å². The van der Waals surface area contributed by atoms with Crippen molar-refractivity contribution in [2.75, 3.05) is 13.2 Å². The van der Waals surface area contributed by atoms with Gasteiger partial charge in [0.25, 0.3) is 0 Å². The Hall–Kier alpha value is -1.46. The zero-order valence-corrected chi connectivity index (χ0v) is 7.42. The smallest absolute Gasteiger partial charge is 0.164 e.